The zero-order chi connectivity index (χ0) is 12.1. The Labute approximate surface area is 104 Å². The van der Waals surface area contributed by atoms with Gasteiger partial charge in [0.2, 0.25) is 0 Å². The summed E-state index contributed by atoms with van der Waals surface area (Å²) < 4.78 is 0. The summed E-state index contributed by atoms with van der Waals surface area (Å²) in [6, 6.07) is 11.4. The predicted molar refractivity (Wildman–Crippen MR) is 71.0 cm³/mol. The molecule has 2 nitrogen and oxygen atoms in total. The van der Waals surface area contributed by atoms with E-state index in [1.54, 1.807) is 0 Å². The molecule has 1 aliphatic heterocycles. The molecule has 0 spiro atoms. The number of para-hydroxylation sites is 1. The summed E-state index contributed by atoms with van der Waals surface area (Å²) in [5.41, 5.74) is 2.80. The molecule has 0 N–H and O–H groups in total. The number of hydrogen-bond acceptors (Lipinski definition) is 2. The molecule has 2 rings (SSSR count). The van der Waals surface area contributed by atoms with Gasteiger partial charge in [-0.05, 0) is 37.3 Å². The van der Waals surface area contributed by atoms with Crippen LogP contribution in [0.4, 0.5) is 5.69 Å². The third-order valence-corrected chi connectivity index (χ3v) is 3.64. The van der Waals surface area contributed by atoms with Crippen LogP contribution in [0.3, 0.4) is 0 Å². The molecule has 1 unspecified atom stereocenters. The van der Waals surface area contributed by atoms with Crippen LogP contribution in [0.2, 0.25) is 0 Å². The van der Waals surface area contributed by atoms with Crippen LogP contribution >= 0.6 is 0 Å². The number of aryl methyl sites for hydroxylation is 1. The quantitative estimate of drug-likeness (QED) is 0.791. The molecule has 0 radical (unpaired) electrons. The van der Waals surface area contributed by atoms with Crippen LogP contribution in [0, 0.1) is 11.3 Å². The van der Waals surface area contributed by atoms with Crippen molar-refractivity contribution in [2.75, 3.05) is 11.4 Å². The maximum Gasteiger partial charge on any atom is 0.0643 e. The normalized spacial score (nSPS) is 16.8. The minimum Gasteiger partial charge on any atom is -0.367 e. The van der Waals surface area contributed by atoms with Gasteiger partial charge < -0.3 is 4.90 Å². The zero-order valence-corrected chi connectivity index (χ0v) is 10.5. The highest BCUT2D eigenvalue weighted by Crippen LogP contribution is 2.29. The fourth-order valence-corrected chi connectivity index (χ4v) is 2.68. The molecule has 0 saturated heterocycles. The first-order valence-corrected chi connectivity index (χ1v) is 6.58. The number of anilines is 1. The Balaban J connectivity index is 2.30. The van der Waals surface area contributed by atoms with Gasteiger partial charge in [0.25, 0.3) is 0 Å². The maximum absolute atomic E-state index is 8.94. The predicted octanol–water partition coefficient (Wildman–Crippen LogP) is 3.52. The lowest BCUT2D eigenvalue weighted by Crippen LogP contribution is -2.35. The van der Waals surface area contributed by atoms with Crippen molar-refractivity contribution in [1.29, 1.82) is 5.26 Å². The van der Waals surface area contributed by atoms with Crippen LogP contribution in [-0.4, -0.2) is 12.6 Å². The van der Waals surface area contributed by atoms with Crippen molar-refractivity contribution in [3.05, 3.63) is 29.8 Å². The van der Waals surface area contributed by atoms with Crippen LogP contribution in [-0.2, 0) is 6.42 Å². The number of fused-ring (bicyclic) bond motifs is 1. The topological polar surface area (TPSA) is 27.0 Å². The van der Waals surface area contributed by atoms with Crippen molar-refractivity contribution < 1.29 is 0 Å². The lowest BCUT2D eigenvalue weighted by molar-refractivity contribution is 0.572. The number of nitrogens with zero attached hydrogens (tertiary/aromatic N) is 2. The maximum atomic E-state index is 8.94. The highest BCUT2D eigenvalue weighted by Gasteiger charge is 2.21. The summed E-state index contributed by atoms with van der Waals surface area (Å²) in [6.07, 6.45) is 5.34. The fourth-order valence-electron chi connectivity index (χ4n) is 2.68. The molecule has 0 aromatic heterocycles. The van der Waals surface area contributed by atoms with Crippen LogP contribution in [0.25, 0.3) is 0 Å². The number of rotatable bonds is 3. The van der Waals surface area contributed by atoms with Crippen molar-refractivity contribution in [2.24, 2.45) is 0 Å². The third kappa shape index (κ3) is 2.61. The first-order chi connectivity index (χ1) is 8.36. The minimum absolute atomic E-state index is 0.374. The number of nitriles is 1. The monoisotopic (exact) mass is 228 g/mol. The Morgan fingerprint density at radius 3 is 2.94 bits per heavy atom. The third-order valence-electron chi connectivity index (χ3n) is 3.64. The van der Waals surface area contributed by atoms with Gasteiger partial charge in [0, 0.05) is 18.3 Å². The van der Waals surface area contributed by atoms with Gasteiger partial charge in [0.05, 0.1) is 12.5 Å². The Morgan fingerprint density at radius 1 is 1.35 bits per heavy atom. The van der Waals surface area contributed by atoms with E-state index in [4.69, 9.17) is 5.26 Å². The second-order valence-electron chi connectivity index (χ2n) is 4.70. The summed E-state index contributed by atoms with van der Waals surface area (Å²) in [5.74, 6) is 0. The summed E-state index contributed by atoms with van der Waals surface area (Å²) >= 11 is 0. The second kappa shape index (κ2) is 5.72. The van der Waals surface area contributed by atoms with Gasteiger partial charge in [-0.25, -0.2) is 0 Å². The van der Waals surface area contributed by atoms with E-state index in [1.807, 2.05) is 0 Å². The highest BCUT2D eigenvalue weighted by molar-refractivity contribution is 5.55. The molecular formula is C15H20N2. The van der Waals surface area contributed by atoms with Crippen LogP contribution in [0.1, 0.15) is 38.2 Å². The second-order valence-corrected chi connectivity index (χ2v) is 4.70. The molecule has 1 heterocycles. The van der Waals surface area contributed by atoms with Gasteiger partial charge in [0.15, 0.2) is 0 Å². The van der Waals surface area contributed by atoms with E-state index in [2.05, 4.69) is 42.2 Å². The Kier molecular flexibility index (Phi) is 4.03. The van der Waals surface area contributed by atoms with E-state index in [0.29, 0.717) is 12.5 Å². The van der Waals surface area contributed by atoms with E-state index >= 15 is 0 Å². The van der Waals surface area contributed by atoms with Crippen LogP contribution < -0.4 is 4.90 Å². The lowest BCUT2D eigenvalue weighted by Gasteiger charge is -2.32. The van der Waals surface area contributed by atoms with Crippen molar-refractivity contribution in [2.45, 2.75) is 45.1 Å². The molecule has 17 heavy (non-hydrogen) atoms. The molecular weight excluding hydrogens is 208 g/mol. The van der Waals surface area contributed by atoms with Crippen molar-refractivity contribution >= 4 is 5.69 Å². The van der Waals surface area contributed by atoms with Gasteiger partial charge in [-0.3, -0.25) is 0 Å². The summed E-state index contributed by atoms with van der Waals surface area (Å²) in [4.78, 5) is 2.45. The average molecular weight is 228 g/mol. The summed E-state index contributed by atoms with van der Waals surface area (Å²) in [7, 11) is 0. The summed E-state index contributed by atoms with van der Waals surface area (Å²) in [6.45, 7) is 3.27. The molecule has 0 saturated carbocycles. The molecule has 1 aromatic carbocycles. The fraction of sp³-hybridized carbons (Fsp3) is 0.533. The van der Waals surface area contributed by atoms with E-state index in [1.165, 1.54) is 30.5 Å². The van der Waals surface area contributed by atoms with Crippen molar-refractivity contribution in [1.82, 2.24) is 0 Å². The van der Waals surface area contributed by atoms with Gasteiger partial charge >= 0.3 is 0 Å². The molecule has 0 aliphatic carbocycles. The van der Waals surface area contributed by atoms with Gasteiger partial charge in [-0.1, -0.05) is 25.1 Å². The first-order valence-electron chi connectivity index (χ1n) is 6.58. The molecule has 0 fully saturated rings. The van der Waals surface area contributed by atoms with E-state index < -0.39 is 0 Å². The smallest absolute Gasteiger partial charge is 0.0643 e. The molecule has 1 aromatic rings. The van der Waals surface area contributed by atoms with E-state index in [-0.39, 0.29) is 0 Å². The molecule has 0 bridgehead atoms. The molecule has 90 valence electrons. The zero-order valence-electron chi connectivity index (χ0n) is 10.5. The Hall–Kier alpha value is -1.49. The van der Waals surface area contributed by atoms with Crippen molar-refractivity contribution in [3.63, 3.8) is 0 Å². The first kappa shape index (κ1) is 12.0. The highest BCUT2D eigenvalue weighted by atomic mass is 15.2. The average Bonchev–Trinajstić information content (AvgIpc) is 2.58. The van der Waals surface area contributed by atoms with Gasteiger partial charge in [-0.15, -0.1) is 0 Å². The number of hydrogen-bond donors (Lipinski definition) is 0. The SMILES string of the molecule is CCC(CC#N)N1CCCCc2ccccc21. The molecule has 1 aliphatic rings. The van der Waals surface area contributed by atoms with Gasteiger partial charge in [0.1, 0.15) is 0 Å². The molecule has 1 atom stereocenters. The van der Waals surface area contributed by atoms with E-state index in [0.717, 1.165) is 13.0 Å². The van der Waals surface area contributed by atoms with Gasteiger partial charge in [-0.2, -0.15) is 5.26 Å². The Morgan fingerprint density at radius 2 is 2.18 bits per heavy atom. The van der Waals surface area contributed by atoms with Crippen LogP contribution in [0.15, 0.2) is 24.3 Å². The van der Waals surface area contributed by atoms with Crippen LogP contribution in [0.5, 0.6) is 0 Å². The lowest BCUT2D eigenvalue weighted by atomic mass is 10.1. The number of benzene rings is 1. The van der Waals surface area contributed by atoms with Crippen molar-refractivity contribution in [3.8, 4) is 6.07 Å². The standard InChI is InChI=1S/C15H20N2/c1-2-14(10-11-16)17-12-6-5-8-13-7-3-4-9-15(13)17/h3-4,7,9,14H,2,5-6,8,10,12H2,1H3. The molecule has 2 heteroatoms. The Bertz CT molecular complexity index is 406. The van der Waals surface area contributed by atoms with E-state index in [9.17, 15) is 0 Å². The summed E-state index contributed by atoms with van der Waals surface area (Å²) in [5, 5.41) is 8.94. The molecule has 0 amide bonds. The minimum atomic E-state index is 0.374. The largest absolute Gasteiger partial charge is 0.367 e.